The largest absolute Gasteiger partial charge is 0.324 e. The van der Waals surface area contributed by atoms with E-state index in [4.69, 9.17) is 0 Å². The molecule has 3 heterocycles. The van der Waals surface area contributed by atoms with Gasteiger partial charge in [-0.05, 0) is 18.2 Å². The molecule has 1 aromatic carbocycles. The molecule has 7 nitrogen and oxygen atoms in total. The summed E-state index contributed by atoms with van der Waals surface area (Å²) in [6.07, 6.45) is 5.18. The lowest BCUT2D eigenvalue weighted by Crippen LogP contribution is -2.15. The maximum atomic E-state index is 12.4. The molecular weight excluding hydrogens is 348 g/mol. The van der Waals surface area contributed by atoms with Gasteiger partial charge < -0.3 is 10.6 Å². The van der Waals surface area contributed by atoms with Crippen molar-refractivity contribution < 1.29 is 4.79 Å². The van der Waals surface area contributed by atoms with Gasteiger partial charge in [0.15, 0.2) is 5.13 Å². The molecule has 0 aliphatic heterocycles. The average Bonchev–Trinajstić information content (AvgIpc) is 3.09. The summed E-state index contributed by atoms with van der Waals surface area (Å²) >= 11 is 1.40. The van der Waals surface area contributed by atoms with Crippen LogP contribution in [0.25, 0.3) is 10.9 Å². The van der Waals surface area contributed by atoms with Gasteiger partial charge in [0.05, 0.1) is 23.3 Å². The molecule has 8 heteroatoms. The van der Waals surface area contributed by atoms with Crippen LogP contribution in [0.15, 0.2) is 60.4 Å². The number of anilines is 3. The Morgan fingerprint density at radius 3 is 2.69 bits per heavy atom. The predicted octanol–water partition coefficient (Wildman–Crippen LogP) is 3.41. The van der Waals surface area contributed by atoms with Crippen LogP contribution in [-0.4, -0.2) is 25.8 Å². The lowest BCUT2D eigenvalue weighted by atomic mass is 10.2. The number of aromatic nitrogens is 4. The van der Waals surface area contributed by atoms with Crippen molar-refractivity contribution >= 4 is 44.9 Å². The van der Waals surface area contributed by atoms with E-state index in [0.29, 0.717) is 22.5 Å². The Balaban J connectivity index is 1.44. The number of nitrogens with zero attached hydrogens (tertiary/aromatic N) is 4. The van der Waals surface area contributed by atoms with E-state index in [-0.39, 0.29) is 12.3 Å². The number of hydrogen-bond acceptors (Lipinski definition) is 7. The van der Waals surface area contributed by atoms with Gasteiger partial charge in [0, 0.05) is 29.4 Å². The summed E-state index contributed by atoms with van der Waals surface area (Å²) < 4.78 is 0. The molecule has 4 rings (SSSR count). The molecule has 1 amide bonds. The smallest absolute Gasteiger partial charge is 0.230 e. The number of fused-ring (bicyclic) bond motifs is 1. The van der Waals surface area contributed by atoms with Gasteiger partial charge >= 0.3 is 0 Å². The number of thiazole rings is 1. The molecule has 0 saturated carbocycles. The molecule has 2 N–H and O–H groups in total. The van der Waals surface area contributed by atoms with E-state index in [9.17, 15) is 4.79 Å². The van der Waals surface area contributed by atoms with Crippen molar-refractivity contribution in [1.29, 1.82) is 0 Å². The third kappa shape index (κ3) is 3.65. The van der Waals surface area contributed by atoms with E-state index in [1.54, 1.807) is 24.7 Å². The van der Waals surface area contributed by atoms with Crippen LogP contribution in [0, 0.1) is 0 Å². The summed E-state index contributed by atoms with van der Waals surface area (Å²) in [5, 5.41) is 9.39. The molecule has 0 aliphatic rings. The monoisotopic (exact) mass is 362 g/mol. The summed E-state index contributed by atoms with van der Waals surface area (Å²) in [4.78, 5) is 29.3. The van der Waals surface area contributed by atoms with Gasteiger partial charge in [0.2, 0.25) is 11.9 Å². The minimum absolute atomic E-state index is 0.143. The number of rotatable bonds is 5. The molecule has 0 fully saturated rings. The number of carbonyl (C=O) groups excluding carboxylic acids is 1. The second-order valence-electron chi connectivity index (χ2n) is 5.45. The fourth-order valence-corrected chi connectivity index (χ4v) is 3.17. The van der Waals surface area contributed by atoms with Crippen LogP contribution in [0.4, 0.5) is 16.8 Å². The molecule has 3 aromatic heterocycles. The number of amides is 1. The minimum Gasteiger partial charge on any atom is -0.324 e. The quantitative estimate of drug-likeness (QED) is 0.565. The van der Waals surface area contributed by atoms with Crippen molar-refractivity contribution in [3.05, 3.63) is 66.1 Å². The molecule has 128 valence electrons. The summed E-state index contributed by atoms with van der Waals surface area (Å²) in [5.74, 6) is 0.329. The zero-order valence-electron chi connectivity index (χ0n) is 13.6. The van der Waals surface area contributed by atoms with Crippen LogP contribution in [0.2, 0.25) is 0 Å². The van der Waals surface area contributed by atoms with Crippen LogP contribution in [0.5, 0.6) is 0 Å². The van der Waals surface area contributed by atoms with Gasteiger partial charge in [-0.3, -0.25) is 9.78 Å². The Kier molecular flexibility index (Phi) is 4.48. The third-order valence-corrected chi connectivity index (χ3v) is 4.39. The highest BCUT2D eigenvalue weighted by Gasteiger charge is 2.11. The van der Waals surface area contributed by atoms with E-state index in [0.717, 1.165) is 10.9 Å². The Morgan fingerprint density at radius 2 is 1.81 bits per heavy atom. The molecular formula is C18H14N6OS. The van der Waals surface area contributed by atoms with E-state index in [1.807, 2.05) is 35.7 Å². The first kappa shape index (κ1) is 16.1. The molecule has 0 saturated heterocycles. The fourth-order valence-electron chi connectivity index (χ4n) is 2.47. The number of benzene rings is 1. The van der Waals surface area contributed by atoms with E-state index < -0.39 is 0 Å². The lowest BCUT2D eigenvalue weighted by molar-refractivity contribution is -0.115. The van der Waals surface area contributed by atoms with Gasteiger partial charge in [0.1, 0.15) is 0 Å². The van der Waals surface area contributed by atoms with Crippen molar-refractivity contribution in [2.75, 3.05) is 10.6 Å². The van der Waals surface area contributed by atoms with Crippen molar-refractivity contribution in [2.45, 2.75) is 6.42 Å². The number of hydrogen-bond donors (Lipinski definition) is 2. The van der Waals surface area contributed by atoms with Gasteiger partial charge in [-0.25, -0.2) is 15.0 Å². The minimum atomic E-state index is -0.143. The SMILES string of the molecule is O=C(Cc1csc(Nc2ncccn2)n1)Nc1cccc2cccnc12. The van der Waals surface area contributed by atoms with E-state index >= 15 is 0 Å². The summed E-state index contributed by atoms with van der Waals surface area (Å²) in [7, 11) is 0. The van der Waals surface area contributed by atoms with Crippen LogP contribution < -0.4 is 10.6 Å². The zero-order valence-corrected chi connectivity index (χ0v) is 14.4. The third-order valence-electron chi connectivity index (χ3n) is 3.58. The Morgan fingerprint density at radius 1 is 1.00 bits per heavy atom. The standard InChI is InChI=1S/C18H14N6OS/c25-15(23-14-6-1-4-12-5-2-7-19-16(12)14)10-13-11-26-18(22-13)24-17-20-8-3-9-21-17/h1-9,11H,10H2,(H,23,25)(H,20,21,22,24). The van der Waals surface area contributed by atoms with Crippen LogP contribution >= 0.6 is 11.3 Å². The number of nitrogens with one attached hydrogen (secondary N) is 2. The first-order valence-electron chi connectivity index (χ1n) is 7.90. The fraction of sp³-hybridized carbons (Fsp3) is 0.0556. The number of carbonyl (C=O) groups is 1. The first-order valence-corrected chi connectivity index (χ1v) is 8.78. The molecule has 26 heavy (non-hydrogen) atoms. The second-order valence-corrected chi connectivity index (χ2v) is 6.31. The highest BCUT2D eigenvalue weighted by atomic mass is 32.1. The molecule has 0 bridgehead atoms. The first-order chi connectivity index (χ1) is 12.8. The highest BCUT2D eigenvalue weighted by Crippen LogP contribution is 2.22. The molecule has 0 atom stereocenters. The summed E-state index contributed by atoms with van der Waals surface area (Å²) in [6.45, 7) is 0. The zero-order chi connectivity index (χ0) is 17.8. The predicted molar refractivity (Wildman–Crippen MR) is 102 cm³/mol. The van der Waals surface area contributed by atoms with Crippen molar-refractivity contribution in [2.24, 2.45) is 0 Å². The van der Waals surface area contributed by atoms with Gasteiger partial charge in [-0.15, -0.1) is 11.3 Å². The Labute approximate surface area is 153 Å². The topological polar surface area (TPSA) is 92.7 Å². The number of para-hydroxylation sites is 1. The van der Waals surface area contributed by atoms with E-state index in [1.165, 1.54) is 11.3 Å². The van der Waals surface area contributed by atoms with Gasteiger partial charge in [-0.1, -0.05) is 18.2 Å². The molecule has 0 unspecified atom stereocenters. The van der Waals surface area contributed by atoms with Crippen LogP contribution in [0.3, 0.4) is 0 Å². The van der Waals surface area contributed by atoms with Gasteiger partial charge in [0.25, 0.3) is 0 Å². The number of pyridine rings is 1. The van der Waals surface area contributed by atoms with Crippen LogP contribution in [-0.2, 0) is 11.2 Å². The normalized spacial score (nSPS) is 10.6. The summed E-state index contributed by atoms with van der Waals surface area (Å²) in [6, 6.07) is 11.3. The maximum Gasteiger partial charge on any atom is 0.230 e. The van der Waals surface area contributed by atoms with Gasteiger partial charge in [-0.2, -0.15) is 0 Å². The van der Waals surface area contributed by atoms with Crippen molar-refractivity contribution in [3.8, 4) is 0 Å². The summed E-state index contributed by atoms with van der Waals surface area (Å²) in [5.41, 5.74) is 2.14. The second kappa shape index (κ2) is 7.24. The molecule has 4 aromatic rings. The van der Waals surface area contributed by atoms with Crippen molar-refractivity contribution in [1.82, 2.24) is 19.9 Å². The Bertz CT molecular complexity index is 1040. The Hall–Kier alpha value is -3.39. The van der Waals surface area contributed by atoms with E-state index in [2.05, 4.69) is 30.6 Å². The highest BCUT2D eigenvalue weighted by molar-refractivity contribution is 7.13. The average molecular weight is 362 g/mol. The van der Waals surface area contributed by atoms with Crippen molar-refractivity contribution in [3.63, 3.8) is 0 Å². The maximum absolute atomic E-state index is 12.4. The molecule has 0 spiro atoms. The lowest BCUT2D eigenvalue weighted by Gasteiger charge is -2.07. The molecule has 0 radical (unpaired) electrons. The molecule has 0 aliphatic carbocycles. The van der Waals surface area contributed by atoms with Crippen LogP contribution in [0.1, 0.15) is 5.69 Å².